The van der Waals surface area contributed by atoms with E-state index in [1.165, 1.54) is 83.1 Å². The minimum absolute atomic E-state index is 0. The van der Waals surface area contributed by atoms with Gasteiger partial charge in [0.15, 0.2) is 25.0 Å². The average molecular weight is 2720 g/mol. The van der Waals surface area contributed by atoms with Crippen LogP contribution in [-0.4, -0.2) is 381 Å². The molecule has 28 atom stereocenters. The summed E-state index contributed by atoms with van der Waals surface area (Å²) in [5.74, 6) is 0. The van der Waals surface area contributed by atoms with Crippen molar-refractivity contribution >= 4 is 305 Å². The lowest BCUT2D eigenvalue weighted by Gasteiger charge is -2.55. The van der Waals surface area contributed by atoms with Crippen molar-refractivity contribution in [2.75, 3.05) is 56.9 Å². The summed E-state index contributed by atoms with van der Waals surface area (Å²) in [6.07, 6.45) is 0. The maximum Gasteiger partial charge on any atom is 0.664 e. The van der Waals surface area contributed by atoms with Crippen LogP contribution in [0.2, 0.25) is 297 Å². The van der Waals surface area contributed by atoms with Crippen molar-refractivity contribution in [3.8, 4) is 0 Å². The second-order valence-electron chi connectivity index (χ2n) is 43.3. The molecular weight excluding hydrogens is 2530 g/mol. The van der Waals surface area contributed by atoms with Crippen LogP contribution in [0, 0.1) is 0 Å². The van der Waals surface area contributed by atoms with Gasteiger partial charge in [-0.15, -0.1) is 0 Å². The first-order valence-corrected chi connectivity index (χ1v) is 130. The molecule has 12 aliphatic rings. The maximum atomic E-state index is 11.3. The number of hydrogen-bond donors (Lipinski definition) is 4. The van der Waals surface area contributed by atoms with Crippen LogP contribution in [0.5, 0.6) is 0 Å². The largest absolute Gasteiger partial charge is 0.664 e. The minimum atomic E-state index is -4.05. The average Bonchev–Trinajstić information content (AvgIpc) is 0.734. The van der Waals surface area contributed by atoms with Crippen molar-refractivity contribution < 1.29 is 215 Å². The molecule has 0 aliphatic carbocycles. The fourth-order valence-electron chi connectivity index (χ4n) is 19.9. The third-order valence-corrected chi connectivity index (χ3v) is 173. The Hall–Kier alpha value is 5.55. The van der Waals surface area contributed by atoms with Gasteiger partial charge in [-0.1, -0.05) is 51.5 Å². The van der Waals surface area contributed by atoms with E-state index in [0.29, 0.717) is 17.0 Å². The van der Waals surface area contributed by atoms with Crippen molar-refractivity contribution in [3.63, 3.8) is 0 Å². The van der Waals surface area contributed by atoms with E-state index in [-0.39, 0.29) is 50.2 Å². The lowest BCUT2D eigenvalue weighted by molar-refractivity contribution is 0.0123. The van der Waals surface area contributed by atoms with E-state index < -0.39 is 305 Å². The molecule has 12 heterocycles. The van der Waals surface area contributed by atoms with E-state index in [4.69, 9.17) is 196 Å². The molecule has 0 spiro atoms. The summed E-state index contributed by atoms with van der Waals surface area (Å²) in [5, 5.41) is 0. The highest BCUT2D eigenvalue weighted by Crippen LogP contribution is 2.52. The van der Waals surface area contributed by atoms with Gasteiger partial charge in [0.25, 0.3) is 0 Å². The van der Waals surface area contributed by atoms with E-state index >= 15 is 0 Å². The topological polar surface area (TPSA) is 515 Å². The molecule has 0 amide bonds. The van der Waals surface area contributed by atoms with Crippen LogP contribution in [0.3, 0.4) is 0 Å². The van der Waals surface area contributed by atoms with Crippen LogP contribution in [0.25, 0.3) is 0 Å². The van der Waals surface area contributed by atoms with E-state index in [9.17, 15) is 19.2 Å². The third-order valence-electron chi connectivity index (χ3n) is 21.6. The Kier molecular flexibility index (Phi) is 47.9. The zero-order valence-corrected chi connectivity index (χ0v) is 127. The Morgan fingerprint density at radius 1 is 0.204 bits per heavy atom. The molecule has 16 unspecified atom stereocenters. The standard InChI is InChI=1S/C14H42O16Si9.2C14H42O12Si9.C13H38O11Si8.6CH4/c1-16-34(9,17-2)29-39(19-4,20-5)30-38(13)24-31(6)14-32(7)22-36(11,27-35(10,18-3)21-31)25-33(8,15)26-37(12,23-32)28-38;2*1-16-32(10)19-29(7)14-30(8)21-34(12,25-32)23-31(9,15)24-35(13,22-30)26-33(11,20-29)18-28(5,6)17-27(2,3)4;1-12-25(3,4)16-30(9)18-26(5)13-27(6)19-31(10,23-29(8,15-2)17-26)21-28(7,14)22-32(11,20-27)24-30;;;;;;/h15H,14H2,1-13H3;2*15H,14H2,1-13H3;14H,12-13H2,1-11H3;6*1H4/t31-,32+,33?,35+,36?,37?,38?;2*29-,30+,31?,32+,33?,34?,35?;26-,27+,28?,29+,30?,31?,32?;;;;;;/m1111....../s1. The molecule has 0 aromatic carbocycles. The predicted molar refractivity (Wildman–Crippen MR) is 619 cm³/mol. The Labute approximate surface area is 917 Å². The van der Waals surface area contributed by atoms with Crippen LogP contribution in [-0.2, 0) is 196 Å². The molecule has 4 N–H and O–H groups in total. The lowest BCUT2D eigenvalue weighted by atomic mass is 11.0. The molecule has 0 aromatic rings. The Balaban J connectivity index is 0.000000498. The molecule has 12 fully saturated rings. The molecule has 12 saturated heterocycles. The monoisotopic (exact) mass is 2720 g/mol. The molecule has 12 rings (SSSR count). The van der Waals surface area contributed by atoms with Gasteiger partial charge in [0.05, 0.1) is 0 Å². The van der Waals surface area contributed by atoms with Gasteiger partial charge in [-0.3, -0.25) is 0 Å². The first-order chi connectivity index (χ1) is 62.5. The van der Waals surface area contributed by atoms with Crippen LogP contribution < -0.4 is 0 Å². The van der Waals surface area contributed by atoms with Gasteiger partial charge in [0, 0.05) is 217 Å². The van der Waals surface area contributed by atoms with E-state index in [1.807, 2.05) is 98.2 Å². The van der Waals surface area contributed by atoms with E-state index in [2.05, 4.69) is 59.3 Å². The van der Waals surface area contributed by atoms with Crippen LogP contribution in [0.4, 0.5) is 0 Å². The molecule has 147 heavy (non-hydrogen) atoms. The summed E-state index contributed by atoms with van der Waals surface area (Å²) in [7, 11) is -104. The zero-order valence-electron chi connectivity index (χ0n) is 92.0. The van der Waals surface area contributed by atoms with E-state index in [1.54, 1.807) is 91.7 Å². The Morgan fingerprint density at radius 3 is 0.531 bits per heavy atom. The highest BCUT2D eigenvalue weighted by Gasteiger charge is 2.79. The predicted octanol–water partition coefficient (Wildman–Crippen LogP) is 13.1. The van der Waals surface area contributed by atoms with Gasteiger partial charge >= 0.3 is 280 Å². The fourth-order valence-corrected chi connectivity index (χ4v) is 209. The highest BCUT2D eigenvalue weighted by molar-refractivity contribution is 7.08. The molecule has 12 aliphatic heterocycles. The normalized spacial score (nSPS) is 47.1. The quantitative estimate of drug-likeness (QED) is 0.0690. The molecule has 16 bridgehead atoms. The summed E-state index contributed by atoms with van der Waals surface area (Å²) in [6.45, 7) is 77.7. The van der Waals surface area contributed by atoms with Gasteiger partial charge in [-0.2, -0.15) is 0 Å². The fraction of sp³-hybridized carbons (Fsp3) is 1.00. The van der Waals surface area contributed by atoms with E-state index in [0.717, 1.165) is 6.04 Å². The second-order valence-corrected chi connectivity index (χ2v) is 158. The second kappa shape index (κ2) is 48.0. The molecule has 0 saturated carbocycles. The smallest absolute Gasteiger partial charge is 0.437 e. The number of rotatable bonds is 23. The summed E-state index contributed by atoms with van der Waals surface area (Å²) in [4.78, 5) is 45.0. The first kappa shape index (κ1) is 147. The van der Waals surface area contributed by atoms with Crippen molar-refractivity contribution in [2.24, 2.45) is 0 Å². The van der Waals surface area contributed by atoms with Gasteiger partial charge in [0.2, 0.25) is 0 Å². The van der Waals surface area contributed by atoms with Crippen molar-refractivity contribution in [3.05, 3.63) is 0 Å². The first-order valence-electron chi connectivity index (χ1n) is 46.1. The third kappa shape index (κ3) is 40.2. The van der Waals surface area contributed by atoms with Gasteiger partial charge < -0.3 is 215 Å². The van der Waals surface area contributed by atoms with Gasteiger partial charge in [0.1, 0.15) is 0 Å². The van der Waals surface area contributed by atoms with Crippen molar-refractivity contribution in [2.45, 2.75) is 349 Å². The van der Waals surface area contributed by atoms with Crippen LogP contribution in [0.15, 0.2) is 0 Å². The minimum Gasteiger partial charge on any atom is -0.437 e. The lowest BCUT2D eigenvalue weighted by Crippen LogP contribution is -2.79. The highest BCUT2D eigenvalue weighted by atomic mass is 28.6. The molecular formula is C61H188O51Si35. The number of hydrogen-bond acceptors (Lipinski definition) is 51. The van der Waals surface area contributed by atoms with Crippen molar-refractivity contribution in [1.29, 1.82) is 0 Å². The molecule has 878 valence electrons. The molecule has 86 heteroatoms. The summed E-state index contributed by atoms with van der Waals surface area (Å²) < 4.78 is 299. The van der Waals surface area contributed by atoms with Gasteiger partial charge in [-0.05, 0) is 137 Å². The SMILES string of the molecule is C.C.C.C.C.C.CC[Si](C)(C)O[Si]1(C)O[Si]2(C)O[Si](C)(O)O[Si]3(C)O[Si@](C)(C[Si@@](C)(O1)O[Si@](C)(OC)O3)O2.CO[Si@]1(C)O[Si]2(C)O[Si](C)(O)O[Si]3(C)O[Si](C)(O[Si](C)(C)O[Si](C)(C)C)O[Si@](C)(C[Si@](C)(O3)O2)O1.CO[Si@]1(C)O[Si]2(C)O[Si](C)(O)O[Si]3(C)O[Si](C)(O[Si](C)(C)O[Si](C)(C)C)O[Si@](C)(C[Si@](C)(O3)O2)O1.CO[Si](C)(OC)O[Si](OC)(OC)O[Si]1(C)O[Si]2(C)O[Si](C)(O)O[Si]3(C)O[Si@](C)(C[Si@@](C)(O1)O[Si@](C)(OC)O3)O2. The summed E-state index contributed by atoms with van der Waals surface area (Å²) in [5.41, 5.74) is 1.54. The zero-order chi connectivity index (χ0) is 108. The molecule has 51 nitrogen and oxygen atoms in total. The van der Waals surface area contributed by atoms with Crippen LogP contribution in [0.1, 0.15) is 51.5 Å². The maximum absolute atomic E-state index is 11.3. The van der Waals surface area contributed by atoms with Crippen LogP contribution >= 0.6 is 0 Å². The Bertz CT molecular complexity index is 4250. The molecule has 0 radical (unpaired) electrons. The Morgan fingerprint density at radius 2 is 0.367 bits per heavy atom. The molecule has 0 aromatic heterocycles. The number of fused-ring (bicyclic) bond motifs is 12. The summed E-state index contributed by atoms with van der Waals surface area (Å²) >= 11 is 0. The summed E-state index contributed by atoms with van der Waals surface area (Å²) in [6, 6.07) is 0.879. The van der Waals surface area contributed by atoms with Crippen molar-refractivity contribution in [1.82, 2.24) is 0 Å². The van der Waals surface area contributed by atoms with Gasteiger partial charge in [-0.25, -0.2) is 0 Å².